The van der Waals surface area contributed by atoms with Crippen molar-refractivity contribution in [1.82, 2.24) is 4.57 Å². The Morgan fingerprint density at radius 3 is 1.24 bits per heavy atom. The summed E-state index contributed by atoms with van der Waals surface area (Å²) in [5.41, 5.74) is 25.8. The van der Waals surface area contributed by atoms with Gasteiger partial charge in [0.25, 0.3) is 6.71 Å². The number of anilines is 12. The lowest BCUT2D eigenvalue weighted by Crippen LogP contribution is -2.63. The number of hydrogen-bond acceptors (Lipinski definition) is 6. The van der Waals surface area contributed by atoms with Crippen LogP contribution in [0.15, 0.2) is 343 Å². The summed E-state index contributed by atoms with van der Waals surface area (Å²) in [5, 5.41) is 2.42. The van der Waals surface area contributed by atoms with Gasteiger partial charge < -0.3 is 28.9 Å². The van der Waals surface area contributed by atoms with Gasteiger partial charge in [-0.1, -0.05) is 223 Å². The molecule has 14 aromatic carbocycles. The van der Waals surface area contributed by atoms with Crippen molar-refractivity contribution in [1.29, 1.82) is 0 Å². The maximum atomic E-state index is 8.21. The van der Waals surface area contributed by atoms with E-state index in [1.807, 2.05) is 11.8 Å². The molecule has 0 fully saturated rings. The second kappa shape index (κ2) is 21.5. The highest BCUT2D eigenvalue weighted by atomic mass is 32.2. The largest absolute Gasteiger partial charge is 0.458 e. The minimum Gasteiger partial charge on any atom is -0.458 e. The van der Waals surface area contributed by atoms with Crippen molar-refractivity contribution in [2.75, 3.05) is 19.6 Å². The number of fused-ring (bicyclic) bond motifs is 11. The van der Waals surface area contributed by atoms with Gasteiger partial charge in [-0.25, -0.2) is 0 Å². The van der Waals surface area contributed by atoms with E-state index in [2.05, 4.69) is 358 Å². The van der Waals surface area contributed by atoms with Crippen molar-refractivity contribution < 1.29 is 4.74 Å². The van der Waals surface area contributed by atoms with Crippen molar-refractivity contribution in [2.45, 2.75) is 9.79 Å². The van der Waals surface area contributed by atoms with Gasteiger partial charge in [-0.15, -0.1) is 0 Å². The summed E-state index contributed by atoms with van der Waals surface area (Å²) in [6.07, 6.45) is 0. The normalized spacial score (nSPS) is 12.9. The van der Waals surface area contributed by atoms with Crippen LogP contribution in [0.5, 0.6) is 11.5 Å². The zero-order valence-electron chi connectivity index (χ0n) is 50.5. The van der Waals surface area contributed by atoms with Gasteiger partial charge in [0.15, 0.2) is 0 Å². The first-order chi connectivity index (χ1) is 46.2. The maximum absolute atomic E-state index is 8.21. The first-order valence-corrected chi connectivity index (χ1v) is 32.7. The molecule has 0 atom stereocenters. The fourth-order valence-corrected chi connectivity index (χ4v) is 16.8. The van der Waals surface area contributed by atoms with E-state index < -0.39 is 0 Å². The number of benzene rings is 14. The average molecular weight is 1200 g/mol. The van der Waals surface area contributed by atoms with Crippen LogP contribution in [0.2, 0.25) is 0 Å². The third-order valence-corrected chi connectivity index (χ3v) is 20.4. The van der Waals surface area contributed by atoms with Crippen LogP contribution in [0.4, 0.5) is 68.2 Å². The van der Waals surface area contributed by atoms with E-state index >= 15 is 0 Å². The summed E-state index contributed by atoms with van der Waals surface area (Å²) >= 11 is 1.89. The van der Waals surface area contributed by atoms with Crippen LogP contribution in [0, 0.1) is 0 Å². The molecule has 15 aromatic rings. The Balaban J connectivity index is 0.943. The number of para-hydroxylation sites is 11. The number of nitrogens with zero attached hydrogens (tertiary/aromatic N) is 5. The van der Waals surface area contributed by atoms with Crippen molar-refractivity contribution in [3.63, 3.8) is 0 Å². The fourth-order valence-electron chi connectivity index (χ4n) is 15.4. The summed E-state index contributed by atoms with van der Waals surface area (Å²) in [7, 11) is 0. The molecule has 0 spiro atoms. The van der Waals surface area contributed by atoms with Gasteiger partial charge in [-0.2, -0.15) is 0 Å². The number of rotatable bonds is 10. The molecule has 5 heterocycles. The van der Waals surface area contributed by atoms with Crippen LogP contribution in [0.1, 0.15) is 0 Å². The van der Waals surface area contributed by atoms with E-state index in [9.17, 15) is 0 Å². The van der Waals surface area contributed by atoms with E-state index in [1.165, 1.54) is 42.4 Å². The quantitative estimate of drug-likeness (QED) is 0.127. The van der Waals surface area contributed by atoms with E-state index in [4.69, 9.17) is 4.74 Å². The molecule has 0 amide bonds. The molecule has 1 aromatic heterocycles. The molecule has 434 valence electrons. The second-order valence-corrected chi connectivity index (χ2v) is 25.3. The Bertz CT molecular complexity index is 5050. The van der Waals surface area contributed by atoms with Crippen molar-refractivity contribution in [3.8, 4) is 28.3 Å². The van der Waals surface area contributed by atoms with Crippen LogP contribution in [-0.4, -0.2) is 18.0 Å². The lowest BCUT2D eigenvalue weighted by atomic mass is 9.31. The standard InChI is InChI=1S/C84H55B2N5OS/c1-7-29-56(30-8-1)87(57-31-9-2-10-32-57)62-51-76-81-78(53-62)92-83-69(85(81)67-44-22-27-49-74(67)89(76)60-37-15-5-16-38-60)55-70-84(80(83)66-43-21-26-48-73(66)91-71-46-24-19-41-64(71)65-42-20-25-47-72(65)91)93-79-54-63(88(58-33-11-3-12-34-58)59-35-13-4-14-36-59)52-77-82(79)86(70)68-45-23-28-50-75(68)90(77)61-39-17-6-18-40-61/h1-55H. The highest BCUT2D eigenvalue weighted by Crippen LogP contribution is 2.54. The Morgan fingerprint density at radius 1 is 0.312 bits per heavy atom. The lowest BCUT2D eigenvalue weighted by molar-refractivity contribution is 0.488. The molecule has 0 radical (unpaired) electrons. The van der Waals surface area contributed by atoms with Gasteiger partial charge in [0, 0.05) is 100 Å². The number of aromatic nitrogens is 1. The Hall–Kier alpha value is -11.6. The highest BCUT2D eigenvalue weighted by molar-refractivity contribution is 8.00. The first-order valence-electron chi connectivity index (χ1n) is 31.9. The zero-order valence-corrected chi connectivity index (χ0v) is 51.3. The van der Waals surface area contributed by atoms with Gasteiger partial charge in [0.2, 0.25) is 6.71 Å². The third-order valence-electron chi connectivity index (χ3n) is 19.2. The molecular formula is C84H55B2N5OS. The van der Waals surface area contributed by atoms with E-state index in [0.29, 0.717) is 0 Å². The van der Waals surface area contributed by atoms with Crippen molar-refractivity contribution in [3.05, 3.63) is 334 Å². The maximum Gasteiger partial charge on any atom is 0.256 e. The lowest BCUT2D eigenvalue weighted by Gasteiger charge is -2.44. The van der Waals surface area contributed by atoms with Crippen molar-refractivity contribution >= 4 is 148 Å². The molecule has 6 nitrogen and oxygen atoms in total. The molecule has 0 saturated heterocycles. The third kappa shape index (κ3) is 8.33. The average Bonchev–Trinajstić information content (AvgIpc) is 1.00. The van der Waals surface area contributed by atoms with Crippen LogP contribution >= 0.6 is 11.8 Å². The molecule has 93 heavy (non-hydrogen) atoms. The zero-order chi connectivity index (χ0) is 61.1. The predicted molar refractivity (Wildman–Crippen MR) is 391 cm³/mol. The fraction of sp³-hybridized carbons (Fsp3) is 0. The Kier molecular flexibility index (Phi) is 12.3. The van der Waals surface area contributed by atoms with Crippen LogP contribution in [-0.2, 0) is 0 Å². The highest BCUT2D eigenvalue weighted by Gasteiger charge is 2.48. The van der Waals surface area contributed by atoms with Gasteiger partial charge in [0.1, 0.15) is 11.5 Å². The first kappa shape index (κ1) is 53.2. The van der Waals surface area contributed by atoms with Gasteiger partial charge in [0.05, 0.1) is 22.4 Å². The number of hydrogen-bond donors (Lipinski definition) is 0. The van der Waals surface area contributed by atoms with Crippen molar-refractivity contribution in [2.24, 2.45) is 0 Å². The predicted octanol–water partition coefficient (Wildman–Crippen LogP) is 18.6. The van der Waals surface area contributed by atoms with Gasteiger partial charge in [-0.3, -0.25) is 0 Å². The number of ether oxygens (including phenoxy) is 1. The molecule has 0 N–H and O–H groups in total. The summed E-state index contributed by atoms with van der Waals surface area (Å²) in [4.78, 5) is 12.1. The van der Waals surface area contributed by atoms with Crippen LogP contribution in [0.25, 0.3) is 38.6 Å². The molecule has 19 rings (SSSR count). The minimum absolute atomic E-state index is 0.184. The summed E-state index contributed by atoms with van der Waals surface area (Å²) in [5.74, 6) is 1.67. The molecule has 0 unspecified atom stereocenters. The van der Waals surface area contributed by atoms with Crippen LogP contribution in [0.3, 0.4) is 0 Å². The summed E-state index contributed by atoms with van der Waals surface area (Å²) in [6, 6.07) is 122. The molecule has 4 aliphatic rings. The van der Waals surface area contributed by atoms with Gasteiger partial charge >= 0.3 is 0 Å². The topological polar surface area (TPSA) is 27.1 Å². The Labute approximate surface area is 545 Å². The Morgan fingerprint density at radius 2 is 0.720 bits per heavy atom. The smallest absolute Gasteiger partial charge is 0.256 e. The van der Waals surface area contributed by atoms with Gasteiger partial charge in [-0.05, 0) is 149 Å². The molecule has 9 heteroatoms. The molecule has 0 aliphatic carbocycles. The minimum atomic E-state index is -0.242. The van der Waals surface area contributed by atoms with Crippen LogP contribution < -0.4 is 57.1 Å². The monoisotopic (exact) mass is 1200 g/mol. The summed E-state index contributed by atoms with van der Waals surface area (Å²) in [6.45, 7) is -0.426. The van der Waals surface area contributed by atoms with E-state index in [1.54, 1.807) is 0 Å². The van der Waals surface area contributed by atoms with E-state index in [-0.39, 0.29) is 13.4 Å². The molecular weight excluding hydrogens is 1150 g/mol. The van der Waals surface area contributed by atoms with E-state index in [0.717, 1.165) is 119 Å². The molecule has 4 aliphatic heterocycles. The SMILES string of the molecule is c1ccc(N(c2ccccc2)c2cc3c4c(c2)N(c2ccccc2)c2ccccc2B4c2cc4c(c(-c5ccccc5-n5c6ccccc6c6ccccc65)c2O3)Sc2cc(N(c3ccccc3)c3ccccc3)cc3c2B4c2ccccc2N3c2ccccc2)cc1. The molecule has 0 bridgehead atoms. The summed E-state index contributed by atoms with van der Waals surface area (Å²) < 4.78 is 10.7. The molecule has 0 saturated carbocycles. The second-order valence-electron chi connectivity index (χ2n) is 24.3.